The van der Waals surface area contributed by atoms with Crippen LogP contribution in [0.15, 0.2) is 30.5 Å². The molecule has 0 fully saturated rings. The highest BCUT2D eigenvalue weighted by atomic mass is 16.2. The van der Waals surface area contributed by atoms with Crippen LogP contribution < -0.4 is 11.1 Å². The van der Waals surface area contributed by atoms with Crippen LogP contribution in [0.3, 0.4) is 0 Å². The molecule has 1 aromatic carbocycles. The number of carbonyl (C=O) groups is 2. The van der Waals surface area contributed by atoms with Crippen LogP contribution >= 0.6 is 0 Å². The average Bonchev–Trinajstić information content (AvgIpc) is 2.77. The molecule has 1 aromatic heterocycles. The minimum Gasteiger partial charge on any atom is -0.368 e. The van der Waals surface area contributed by atoms with Crippen LogP contribution in [0.2, 0.25) is 0 Å². The summed E-state index contributed by atoms with van der Waals surface area (Å²) in [4.78, 5) is 23.7. The fraction of sp³-hybridized carbons (Fsp3) is 0.333. The van der Waals surface area contributed by atoms with Crippen LogP contribution in [-0.2, 0) is 11.3 Å². The van der Waals surface area contributed by atoms with Gasteiger partial charge in [-0.2, -0.15) is 0 Å². The number of nitrogens with one attached hydrogen (secondary N) is 1. The highest BCUT2D eigenvalue weighted by Gasteiger charge is 2.28. The van der Waals surface area contributed by atoms with Gasteiger partial charge in [-0.3, -0.25) is 9.59 Å². The maximum Gasteiger partial charge on any atom is 0.254 e. The van der Waals surface area contributed by atoms with Crippen LogP contribution in [0.5, 0.6) is 0 Å². The molecule has 20 heavy (non-hydrogen) atoms. The van der Waals surface area contributed by atoms with Gasteiger partial charge in [0.2, 0.25) is 5.91 Å². The lowest BCUT2D eigenvalue weighted by molar-refractivity contribution is -0.122. The summed E-state index contributed by atoms with van der Waals surface area (Å²) in [7, 11) is 0. The molecule has 0 saturated carbocycles. The lowest BCUT2D eigenvalue weighted by atomic mass is 10.0. The van der Waals surface area contributed by atoms with Crippen molar-refractivity contribution < 1.29 is 9.59 Å². The number of amides is 2. The number of aryl methyl sites for hydroxylation is 1. The van der Waals surface area contributed by atoms with E-state index in [4.69, 9.17) is 5.73 Å². The Morgan fingerprint density at radius 3 is 2.55 bits per heavy atom. The monoisotopic (exact) mass is 273 g/mol. The summed E-state index contributed by atoms with van der Waals surface area (Å²) in [5.74, 6) is -0.859. The molecule has 0 bridgehead atoms. The molecule has 5 heteroatoms. The predicted octanol–water partition coefficient (Wildman–Crippen LogP) is 1.65. The standard InChI is InChI=1S/C15H19N3O2/c1-4-18-9-11(10-7-5-6-8-12(10)18)13(19)17-15(2,3)14(16)20/h5-9H,4H2,1-3H3,(H2,16,20)(H,17,19). The van der Waals surface area contributed by atoms with E-state index in [-0.39, 0.29) is 5.91 Å². The van der Waals surface area contributed by atoms with E-state index in [2.05, 4.69) is 5.32 Å². The first-order valence-corrected chi connectivity index (χ1v) is 6.57. The van der Waals surface area contributed by atoms with Crippen molar-refractivity contribution in [2.75, 3.05) is 0 Å². The topological polar surface area (TPSA) is 77.1 Å². The Morgan fingerprint density at radius 1 is 1.30 bits per heavy atom. The van der Waals surface area contributed by atoms with Crippen molar-refractivity contribution >= 4 is 22.7 Å². The van der Waals surface area contributed by atoms with E-state index in [0.717, 1.165) is 17.4 Å². The largest absolute Gasteiger partial charge is 0.368 e. The Hall–Kier alpha value is -2.30. The normalized spacial score (nSPS) is 11.6. The molecule has 2 amide bonds. The third-order valence-electron chi connectivity index (χ3n) is 3.42. The van der Waals surface area contributed by atoms with Gasteiger partial charge in [0.05, 0.1) is 5.56 Å². The summed E-state index contributed by atoms with van der Waals surface area (Å²) >= 11 is 0. The molecule has 2 aromatic rings. The molecule has 0 atom stereocenters. The minimum absolute atomic E-state index is 0.294. The SMILES string of the molecule is CCn1cc(C(=O)NC(C)(C)C(N)=O)c2ccccc21. The summed E-state index contributed by atoms with van der Waals surface area (Å²) in [5, 5.41) is 3.54. The molecule has 0 aliphatic heterocycles. The summed E-state index contributed by atoms with van der Waals surface area (Å²) in [5.41, 5.74) is 5.75. The van der Waals surface area contributed by atoms with Crippen LogP contribution in [0.1, 0.15) is 31.1 Å². The molecule has 0 spiro atoms. The van der Waals surface area contributed by atoms with Crippen LogP contribution in [0, 0.1) is 0 Å². The molecule has 0 aliphatic rings. The number of hydrogen-bond donors (Lipinski definition) is 2. The van der Waals surface area contributed by atoms with Gasteiger partial charge in [-0.05, 0) is 26.8 Å². The summed E-state index contributed by atoms with van der Waals surface area (Å²) in [6, 6.07) is 7.68. The number of fused-ring (bicyclic) bond motifs is 1. The van der Waals surface area contributed by atoms with Crippen molar-refractivity contribution in [2.24, 2.45) is 5.73 Å². The maximum atomic E-state index is 12.4. The molecule has 5 nitrogen and oxygen atoms in total. The first-order valence-electron chi connectivity index (χ1n) is 6.57. The second kappa shape index (κ2) is 5.00. The highest BCUT2D eigenvalue weighted by molar-refractivity contribution is 6.08. The van der Waals surface area contributed by atoms with Gasteiger partial charge >= 0.3 is 0 Å². The van der Waals surface area contributed by atoms with Crippen molar-refractivity contribution in [3.8, 4) is 0 Å². The number of nitrogens with two attached hydrogens (primary N) is 1. The Kier molecular flexibility index (Phi) is 3.53. The van der Waals surface area contributed by atoms with Gasteiger partial charge in [0, 0.05) is 23.6 Å². The predicted molar refractivity (Wildman–Crippen MR) is 78.4 cm³/mol. The molecule has 0 saturated heterocycles. The third-order valence-corrected chi connectivity index (χ3v) is 3.42. The number of primary amides is 1. The van der Waals surface area contributed by atoms with E-state index in [1.165, 1.54) is 0 Å². The zero-order chi connectivity index (χ0) is 14.9. The molecular weight excluding hydrogens is 254 g/mol. The Morgan fingerprint density at radius 2 is 1.95 bits per heavy atom. The van der Waals surface area contributed by atoms with Crippen molar-refractivity contribution in [2.45, 2.75) is 32.9 Å². The first-order chi connectivity index (χ1) is 9.36. The van der Waals surface area contributed by atoms with Gasteiger partial charge in [0.25, 0.3) is 5.91 Å². The summed E-state index contributed by atoms with van der Waals surface area (Å²) in [6.07, 6.45) is 1.80. The molecule has 1 heterocycles. The number of carbonyl (C=O) groups excluding carboxylic acids is 2. The molecule has 0 aliphatic carbocycles. The number of hydrogen-bond acceptors (Lipinski definition) is 2. The van der Waals surface area contributed by atoms with E-state index < -0.39 is 11.4 Å². The molecule has 3 N–H and O–H groups in total. The molecular formula is C15H19N3O2. The fourth-order valence-electron chi connectivity index (χ4n) is 2.10. The molecule has 106 valence electrons. The van der Waals surface area contributed by atoms with Crippen molar-refractivity contribution in [1.29, 1.82) is 0 Å². The second-order valence-electron chi connectivity index (χ2n) is 5.29. The van der Waals surface area contributed by atoms with E-state index >= 15 is 0 Å². The summed E-state index contributed by atoms with van der Waals surface area (Å²) in [6.45, 7) is 5.97. The zero-order valence-corrected chi connectivity index (χ0v) is 11.9. The number of para-hydroxylation sites is 1. The maximum absolute atomic E-state index is 12.4. The Labute approximate surface area is 117 Å². The molecule has 2 rings (SSSR count). The number of nitrogens with zero attached hydrogens (tertiary/aromatic N) is 1. The van der Waals surface area contributed by atoms with Crippen LogP contribution in [-0.4, -0.2) is 21.9 Å². The lowest BCUT2D eigenvalue weighted by Crippen LogP contribution is -2.52. The Balaban J connectivity index is 2.43. The molecule has 0 radical (unpaired) electrons. The van der Waals surface area contributed by atoms with Gasteiger partial charge in [-0.25, -0.2) is 0 Å². The van der Waals surface area contributed by atoms with Crippen LogP contribution in [0.4, 0.5) is 0 Å². The Bertz CT molecular complexity index is 671. The zero-order valence-electron chi connectivity index (χ0n) is 11.9. The molecule has 0 unspecified atom stereocenters. The van der Waals surface area contributed by atoms with Gasteiger partial charge in [-0.15, -0.1) is 0 Å². The van der Waals surface area contributed by atoms with Crippen LogP contribution in [0.25, 0.3) is 10.9 Å². The van der Waals surface area contributed by atoms with Crippen molar-refractivity contribution in [3.05, 3.63) is 36.0 Å². The van der Waals surface area contributed by atoms with E-state index in [1.807, 2.05) is 35.8 Å². The number of benzene rings is 1. The van der Waals surface area contributed by atoms with Gasteiger partial charge in [0.15, 0.2) is 0 Å². The average molecular weight is 273 g/mol. The van der Waals surface area contributed by atoms with E-state index in [0.29, 0.717) is 5.56 Å². The minimum atomic E-state index is -1.08. The first kappa shape index (κ1) is 14.1. The third kappa shape index (κ3) is 2.39. The smallest absolute Gasteiger partial charge is 0.254 e. The summed E-state index contributed by atoms with van der Waals surface area (Å²) < 4.78 is 2.00. The van der Waals surface area contributed by atoms with Gasteiger partial charge < -0.3 is 15.6 Å². The van der Waals surface area contributed by atoms with E-state index in [1.54, 1.807) is 20.0 Å². The van der Waals surface area contributed by atoms with Crippen molar-refractivity contribution in [1.82, 2.24) is 9.88 Å². The quantitative estimate of drug-likeness (QED) is 0.888. The number of rotatable bonds is 4. The van der Waals surface area contributed by atoms with Gasteiger partial charge in [-0.1, -0.05) is 18.2 Å². The van der Waals surface area contributed by atoms with E-state index in [9.17, 15) is 9.59 Å². The number of aromatic nitrogens is 1. The second-order valence-corrected chi connectivity index (χ2v) is 5.29. The van der Waals surface area contributed by atoms with Crippen molar-refractivity contribution in [3.63, 3.8) is 0 Å². The fourth-order valence-corrected chi connectivity index (χ4v) is 2.10. The van der Waals surface area contributed by atoms with Gasteiger partial charge in [0.1, 0.15) is 5.54 Å². The highest BCUT2D eigenvalue weighted by Crippen LogP contribution is 2.21. The lowest BCUT2D eigenvalue weighted by Gasteiger charge is -2.21.